The number of nitrogens with zero attached hydrogens (tertiary/aromatic N) is 1. The van der Waals surface area contributed by atoms with Crippen LogP contribution in [0.2, 0.25) is 0 Å². The van der Waals surface area contributed by atoms with Gasteiger partial charge in [0.2, 0.25) is 5.91 Å². The molecule has 124 valence electrons. The Labute approximate surface area is 147 Å². The molecule has 1 aliphatic heterocycles. The molecule has 24 heavy (non-hydrogen) atoms. The van der Waals surface area contributed by atoms with Gasteiger partial charge in [-0.3, -0.25) is 9.59 Å². The lowest BCUT2D eigenvalue weighted by Crippen LogP contribution is -2.47. The van der Waals surface area contributed by atoms with E-state index >= 15 is 0 Å². The lowest BCUT2D eigenvalue weighted by atomic mass is 10.2. The lowest BCUT2D eigenvalue weighted by molar-refractivity contribution is -0.120. The predicted molar refractivity (Wildman–Crippen MR) is 93.7 cm³/mol. The van der Waals surface area contributed by atoms with Crippen LogP contribution in [0.4, 0.5) is 15.8 Å². The third-order valence-electron chi connectivity index (χ3n) is 3.70. The van der Waals surface area contributed by atoms with Crippen LogP contribution in [0.25, 0.3) is 0 Å². The van der Waals surface area contributed by atoms with Crippen LogP contribution in [-0.2, 0) is 4.79 Å². The van der Waals surface area contributed by atoms with Crippen LogP contribution in [0.15, 0.2) is 46.9 Å². The molecule has 1 heterocycles. The van der Waals surface area contributed by atoms with Gasteiger partial charge in [0.05, 0.1) is 12.1 Å². The second kappa shape index (κ2) is 7.00. The van der Waals surface area contributed by atoms with Gasteiger partial charge in [-0.05, 0) is 42.5 Å². The molecule has 1 saturated heterocycles. The maximum atomic E-state index is 13.7. The first kappa shape index (κ1) is 16.4. The van der Waals surface area contributed by atoms with Gasteiger partial charge in [0.1, 0.15) is 5.82 Å². The molecule has 2 N–H and O–H groups in total. The summed E-state index contributed by atoms with van der Waals surface area (Å²) in [5.74, 6) is -1.10. The average Bonchev–Trinajstić information content (AvgIpc) is 2.57. The zero-order valence-electron chi connectivity index (χ0n) is 12.7. The number of rotatable bonds is 3. The third kappa shape index (κ3) is 3.73. The number of benzene rings is 2. The summed E-state index contributed by atoms with van der Waals surface area (Å²) in [5.41, 5.74) is 1.43. The molecule has 0 aliphatic carbocycles. The van der Waals surface area contributed by atoms with Crippen LogP contribution >= 0.6 is 15.9 Å². The molecule has 5 nitrogen and oxygen atoms in total. The molecule has 0 radical (unpaired) electrons. The standard InChI is InChI=1S/C17H15BrFN3O2/c18-11-1-6-15(19)14(9-11)17(24)21-12-2-4-13(5-3-12)22-8-7-20-16(23)10-22/h1-6,9H,7-8,10H2,(H,20,23)(H,21,24). The van der Waals surface area contributed by atoms with Crippen molar-refractivity contribution in [3.8, 4) is 0 Å². The van der Waals surface area contributed by atoms with E-state index in [4.69, 9.17) is 0 Å². The fourth-order valence-corrected chi connectivity index (χ4v) is 2.85. The van der Waals surface area contributed by atoms with E-state index in [9.17, 15) is 14.0 Å². The number of amides is 2. The first-order chi connectivity index (χ1) is 11.5. The van der Waals surface area contributed by atoms with E-state index in [0.717, 1.165) is 12.2 Å². The van der Waals surface area contributed by atoms with Crippen molar-refractivity contribution in [2.24, 2.45) is 0 Å². The largest absolute Gasteiger partial charge is 0.360 e. The highest BCUT2D eigenvalue weighted by Crippen LogP contribution is 2.20. The Morgan fingerprint density at radius 3 is 2.67 bits per heavy atom. The molecular formula is C17H15BrFN3O2. The van der Waals surface area contributed by atoms with Crippen molar-refractivity contribution in [2.75, 3.05) is 29.9 Å². The van der Waals surface area contributed by atoms with Gasteiger partial charge < -0.3 is 15.5 Å². The van der Waals surface area contributed by atoms with Crippen molar-refractivity contribution in [2.45, 2.75) is 0 Å². The van der Waals surface area contributed by atoms with Gasteiger partial charge in [0, 0.05) is 28.9 Å². The zero-order valence-corrected chi connectivity index (χ0v) is 14.3. The van der Waals surface area contributed by atoms with Crippen molar-refractivity contribution in [1.82, 2.24) is 5.32 Å². The van der Waals surface area contributed by atoms with Crippen molar-refractivity contribution >= 4 is 39.1 Å². The average molecular weight is 392 g/mol. The van der Waals surface area contributed by atoms with Gasteiger partial charge in [-0.1, -0.05) is 15.9 Å². The Hall–Kier alpha value is -2.41. The molecule has 0 bridgehead atoms. The Morgan fingerprint density at radius 2 is 1.96 bits per heavy atom. The summed E-state index contributed by atoms with van der Waals surface area (Å²) in [6, 6.07) is 11.3. The molecule has 2 aromatic rings. The zero-order chi connectivity index (χ0) is 17.1. The number of nitrogens with one attached hydrogen (secondary N) is 2. The predicted octanol–water partition coefficient (Wildman–Crippen LogP) is 2.78. The number of halogens is 2. The van der Waals surface area contributed by atoms with Crippen molar-refractivity contribution in [3.05, 3.63) is 58.3 Å². The van der Waals surface area contributed by atoms with E-state index < -0.39 is 11.7 Å². The minimum absolute atomic E-state index is 0.0104. The third-order valence-corrected chi connectivity index (χ3v) is 4.19. The molecule has 1 aliphatic rings. The summed E-state index contributed by atoms with van der Waals surface area (Å²) >= 11 is 3.22. The minimum atomic E-state index is -0.577. The fraction of sp³-hybridized carbons (Fsp3) is 0.176. The summed E-state index contributed by atoms with van der Waals surface area (Å²) < 4.78 is 14.4. The van der Waals surface area contributed by atoms with Crippen molar-refractivity contribution in [1.29, 1.82) is 0 Å². The molecular weight excluding hydrogens is 377 g/mol. The van der Waals surface area contributed by atoms with E-state index in [2.05, 4.69) is 26.6 Å². The molecule has 0 unspecified atom stereocenters. The minimum Gasteiger partial charge on any atom is -0.360 e. The number of hydrogen-bond donors (Lipinski definition) is 2. The molecule has 0 aromatic heterocycles. The quantitative estimate of drug-likeness (QED) is 0.845. The van der Waals surface area contributed by atoms with Gasteiger partial charge in [-0.2, -0.15) is 0 Å². The first-order valence-corrected chi connectivity index (χ1v) is 8.20. The number of hydrogen-bond acceptors (Lipinski definition) is 3. The van der Waals surface area contributed by atoms with E-state index in [0.29, 0.717) is 23.2 Å². The molecule has 7 heteroatoms. The lowest BCUT2D eigenvalue weighted by Gasteiger charge is -2.28. The van der Waals surface area contributed by atoms with Gasteiger partial charge in [0.25, 0.3) is 5.91 Å². The van der Waals surface area contributed by atoms with E-state index in [1.807, 2.05) is 17.0 Å². The molecule has 2 aromatic carbocycles. The summed E-state index contributed by atoms with van der Waals surface area (Å²) in [4.78, 5) is 25.6. The Morgan fingerprint density at radius 1 is 1.21 bits per heavy atom. The number of carbonyl (C=O) groups excluding carboxylic acids is 2. The van der Waals surface area contributed by atoms with E-state index in [-0.39, 0.29) is 11.5 Å². The van der Waals surface area contributed by atoms with Crippen LogP contribution in [-0.4, -0.2) is 31.4 Å². The Bertz CT molecular complexity index is 780. The smallest absolute Gasteiger partial charge is 0.258 e. The highest BCUT2D eigenvalue weighted by Gasteiger charge is 2.17. The Kier molecular flexibility index (Phi) is 4.80. The summed E-state index contributed by atoms with van der Waals surface area (Å²) in [7, 11) is 0. The van der Waals surface area contributed by atoms with Gasteiger partial charge >= 0.3 is 0 Å². The molecule has 0 saturated carbocycles. The van der Waals surface area contributed by atoms with Gasteiger partial charge in [-0.15, -0.1) is 0 Å². The fourth-order valence-electron chi connectivity index (χ4n) is 2.48. The van der Waals surface area contributed by atoms with Crippen LogP contribution in [0.5, 0.6) is 0 Å². The van der Waals surface area contributed by atoms with Gasteiger partial charge in [-0.25, -0.2) is 4.39 Å². The second-order valence-electron chi connectivity index (χ2n) is 5.40. The number of piperazine rings is 1. The maximum Gasteiger partial charge on any atom is 0.258 e. The molecule has 3 rings (SSSR count). The topological polar surface area (TPSA) is 61.4 Å². The SMILES string of the molecule is O=C1CN(c2ccc(NC(=O)c3cc(Br)ccc3F)cc2)CCN1. The van der Waals surface area contributed by atoms with E-state index in [1.54, 1.807) is 12.1 Å². The van der Waals surface area contributed by atoms with Crippen LogP contribution in [0, 0.1) is 5.82 Å². The molecule has 2 amide bonds. The molecule has 0 atom stereocenters. The van der Waals surface area contributed by atoms with E-state index in [1.165, 1.54) is 18.2 Å². The highest BCUT2D eigenvalue weighted by atomic mass is 79.9. The van der Waals surface area contributed by atoms with Crippen LogP contribution < -0.4 is 15.5 Å². The highest BCUT2D eigenvalue weighted by molar-refractivity contribution is 9.10. The van der Waals surface area contributed by atoms with Crippen LogP contribution in [0.1, 0.15) is 10.4 Å². The molecule has 0 spiro atoms. The van der Waals surface area contributed by atoms with Crippen LogP contribution in [0.3, 0.4) is 0 Å². The Balaban J connectivity index is 1.71. The monoisotopic (exact) mass is 391 g/mol. The normalized spacial score (nSPS) is 14.2. The first-order valence-electron chi connectivity index (χ1n) is 7.41. The number of carbonyl (C=O) groups is 2. The second-order valence-corrected chi connectivity index (χ2v) is 6.31. The molecule has 1 fully saturated rings. The number of anilines is 2. The summed E-state index contributed by atoms with van der Waals surface area (Å²) in [6.07, 6.45) is 0. The van der Waals surface area contributed by atoms with Crippen molar-refractivity contribution in [3.63, 3.8) is 0 Å². The summed E-state index contributed by atoms with van der Waals surface area (Å²) in [5, 5.41) is 5.44. The maximum absolute atomic E-state index is 13.7. The van der Waals surface area contributed by atoms with Crippen molar-refractivity contribution < 1.29 is 14.0 Å². The van der Waals surface area contributed by atoms with Gasteiger partial charge in [0.15, 0.2) is 0 Å². The summed E-state index contributed by atoms with van der Waals surface area (Å²) in [6.45, 7) is 1.66.